The maximum Gasteiger partial charge on any atom is 0.303 e. The number of para-hydroxylation sites is 1. The number of amides is 3. The van der Waals surface area contributed by atoms with Crippen LogP contribution in [0.25, 0.3) is 0 Å². The topological polar surface area (TPSA) is 171 Å². The zero-order valence-corrected chi connectivity index (χ0v) is 24.3. The predicted molar refractivity (Wildman–Crippen MR) is 154 cm³/mol. The summed E-state index contributed by atoms with van der Waals surface area (Å²) < 4.78 is 28.6. The van der Waals surface area contributed by atoms with Gasteiger partial charge in [0, 0.05) is 18.8 Å². The molecule has 0 radical (unpaired) electrons. The number of sulfonamides is 1. The molecule has 2 unspecified atom stereocenters. The zero-order chi connectivity index (χ0) is 29.9. The third-order valence-corrected chi connectivity index (χ3v) is 9.12. The van der Waals surface area contributed by atoms with Crippen LogP contribution in [0.5, 0.6) is 0 Å². The Kier molecular flexibility index (Phi) is 11.9. The molecule has 2 aliphatic rings. The lowest BCUT2D eigenvalue weighted by molar-refractivity contribution is -0.137. The van der Waals surface area contributed by atoms with Crippen molar-refractivity contribution < 1.29 is 32.7 Å². The van der Waals surface area contributed by atoms with Crippen molar-refractivity contribution in [2.75, 3.05) is 18.4 Å². The average molecular weight is 591 g/mol. The summed E-state index contributed by atoms with van der Waals surface area (Å²) in [7, 11) is -4.38. The van der Waals surface area contributed by atoms with Crippen LogP contribution >= 0.6 is 0 Å². The highest BCUT2D eigenvalue weighted by Gasteiger charge is 2.60. The van der Waals surface area contributed by atoms with E-state index in [0.717, 1.165) is 38.6 Å². The van der Waals surface area contributed by atoms with E-state index in [1.165, 1.54) is 37.1 Å². The minimum Gasteiger partial charge on any atom is -0.481 e. The van der Waals surface area contributed by atoms with Crippen LogP contribution in [0, 0.1) is 11.8 Å². The van der Waals surface area contributed by atoms with Gasteiger partial charge < -0.3 is 21.1 Å². The first kappa shape index (κ1) is 32.3. The number of anilines is 1. The highest BCUT2D eigenvalue weighted by atomic mass is 32.2. The maximum atomic E-state index is 13.3. The van der Waals surface area contributed by atoms with Gasteiger partial charge >= 0.3 is 5.97 Å². The van der Waals surface area contributed by atoms with E-state index < -0.39 is 39.3 Å². The molecule has 226 valence electrons. The molecule has 0 heterocycles. The van der Waals surface area contributed by atoms with E-state index in [1.807, 2.05) is 0 Å². The largest absolute Gasteiger partial charge is 0.481 e. The van der Waals surface area contributed by atoms with E-state index in [9.17, 15) is 27.6 Å². The molecule has 11 nitrogen and oxygen atoms in total. The summed E-state index contributed by atoms with van der Waals surface area (Å²) in [4.78, 5) is 48.7. The lowest BCUT2D eigenvalue weighted by Gasteiger charge is -2.20. The molecule has 0 bridgehead atoms. The van der Waals surface area contributed by atoms with Crippen molar-refractivity contribution in [2.24, 2.45) is 11.8 Å². The summed E-state index contributed by atoms with van der Waals surface area (Å²) in [5.41, 5.74) is -1.35. The van der Waals surface area contributed by atoms with E-state index in [1.54, 1.807) is 6.07 Å². The van der Waals surface area contributed by atoms with E-state index in [-0.39, 0.29) is 42.3 Å². The van der Waals surface area contributed by atoms with E-state index in [2.05, 4.69) is 27.3 Å². The fourth-order valence-electron chi connectivity index (χ4n) is 5.31. The number of unbranched alkanes of at least 4 members (excludes halogenated alkanes) is 4. The molecule has 12 heteroatoms. The van der Waals surface area contributed by atoms with E-state index in [4.69, 9.17) is 5.11 Å². The third kappa shape index (κ3) is 9.67. The van der Waals surface area contributed by atoms with Crippen LogP contribution in [-0.2, 0) is 29.2 Å². The highest BCUT2D eigenvalue weighted by Crippen LogP contribution is 2.45. The van der Waals surface area contributed by atoms with Crippen LogP contribution in [0.15, 0.2) is 41.8 Å². The molecule has 2 fully saturated rings. The van der Waals surface area contributed by atoms with Crippen LogP contribution in [0.1, 0.15) is 77.0 Å². The molecular formula is C29H42N4O7S. The molecule has 0 aliphatic heterocycles. The van der Waals surface area contributed by atoms with E-state index in [0.29, 0.717) is 18.8 Å². The summed E-state index contributed by atoms with van der Waals surface area (Å²) in [5, 5.41) is 17.1. The van der Waals surface area contributed by atoms with Gasteiger partial charge in [0.15, 0.2) is 0 Å². The number of hydrogen-bond acceptors (Lipinski definition) is 7. The summed E-state index contributed by atoms with van der Waals surface area (Å²) in [6.07, 6.45) is 10.2. The quantitative estimate of drug-likeness (QED) is 0.128. The third-order valence-electron chi connectivity index (χ3n) is 7.73. The fraction of sp³-hybridized carbons (Fsp3) is 0.586. The smallest absolute Gasteiger partial charge is 0.303 e. The first-order valence-electron chi connectivity index (χ1n) is 14.4. The molecular weight excluding hydrogens is 548 g/mol. The monoisotopic (exact) mass is 590 g/mol. The van der Waals surface area contributed by atoms with Gasteiger partial charge in [-0.25, -0.2) is 13.1 Å². The molecule has 3 rings (SSSR count). The molecule has 2 aliphatic carbocycles. The van der Waals surface area contributed by atoms with Gasteiger partial charge in [-0.2, -0.15) is 0 Å². The Labute approximate surface area is 242 Å². The highest BCUT2D eigenvalue weighted by molar-refractivity contribution is 7.90. The Bertz CT molecular complexity index is 1210. The van der Waals surface area contributed by atoms with Gasteiger partial charge in [0.25, 0.3) is 15.9 Å². The van der Waals surface area contributed by atoms with Gasteiger partial charge in [0.1, 0.15) is 10.4 Å². The van der Waals surface area contributed by atoms with Crippen molar-refractivity contribution >= 4 is 39.4 Å². The van der Waals surface area contributed by atoms with Crippen LogP contribution in [0.2, 0.25) is 0 Å². The molecule has 5 N–H and O–H groups in total. The predicted octanol–water partition coefficient (Wildman–Crippen LogP) is 3.09. The van der Waals surface area contributed by atoms with Crippen molar-refractivity contribution in [1.29, 1.82) is 0 Å². The van der Waals surface area contributed by atoms with Gasteiger partial charge in [-0.1, -0.05) is 50.3 Å². The number of carboxylic acid groups (broad SMARTS) is 1. The van der Waals surface area contributed by atoms with Gasteiger partial charge in [-0.3, -0.25) is 19.2 Å². The number of carboxylic acids is 1. The second-order valence-corrected chi connectivity index (χ2v) is 12.6. The standard InChI is InChI=1S/C29H42N4O7S/c1-2-22-18-29(22,32-26(35)20-30-19-21-12-8-9-13-21)28(38)33-41(39,40)24-15-11-10-14-23(24)31-25(34)16-6-4-3-5-7-17-27(36)37/h2,10-11,14-15,21-22,30H,1,3-9,12-13,16-20H2,(H,31,34)(H,32,35)(H,33,38)(H,36,37). The van der Waals surface area contributed by atoms with Gasteiger partial charge in [-0.15, -0.1) is 6.58 Å². The molecule has 1 aromatic carbocycles. The lowest BCUT2D eigenvalue weighted by atomic mass is 10.1. The first-order valence-corrected chi connectivity index (χ1v) is 15.9. The second-order valence-electron chi connectivity index (χ2n) is 11.0. The lowest BCUT2D eigenvalue weighted by Crippen LogP contribution is -2.53. The number of benzene rings is 1. The summed E-state index contributed by atoms with van der Waals surface area (Å²) >= 11 is 0. The molecule has 3 amide bonds. The van der Waals surface area contributed by atoms with Crippen LogP contribution in [-0.4, -0.2) is 55.8 Å². The molecule has 2 atom stereocenters. The number of hydrogen-bond donors (Lipinski definition) is 5. The average Bonchev–Trinajstić information content (AvgIpc) is 3.38. The SMILES string of the molecule is C=CC1CC1(NC(=O)CNCC1CCCC1)C(=O)NS(=O)(=O)c1ccccc1NC(=O)CCCCCCCC(=O)O. The van der Waals surface area contributed by atoms with Crippen LogP contribution in [0.4, 0.5) is 5.69 Å². The number of rotatable bonds is 18. The molecule has 2 saturated carbocycles. The number of carbonyl (C=O) groups excluding carboxylic acids is 3. The molecule has 0 spiro atoms. The number of carbonyl (C=O) groups is 4. The number of nitrogens with one attached hydrogen (secondary N) is 4. The number of aliphatic carboxylic acids is 1. The summed E-state index contributed by atoms with van der Waals surface area (Å²) in [6, 6.07) is 5.81. The van der Waals surface area contributed by atoms with Crippen molar-refractivity contribution in [3.05, 3.63) is 36.9 Å². The van der Waals surface area contributed by atoms with Crippen molar-refractivity contribution in [3.8, 4) is 0 Å². The molecule has 1 aromatic rings. The molecule has 41 heavy (non-hydrogen) atoms. The Morgan fingerprint density at radius 2 is 1.63 bits per heavy atom. The van der Waals surface area contributed by atoms with Crippen LogP contribution in [0.3, 0.4) is 0 Å². The summed E-state index contributed by atoms with van der Waals surface area (Å²) in [5.74, 6) is -2.30. The second kappa shape index (κ2) is 15.1. The van der Waals surface area contributed by atoms with Crippen molar-refractivity contribution in [2.45, 2.75) is 87.5 Å². The Morgan fingerprint density at radius 3 is 2.29 bits per heavy atom. The van der Waals surface area contributed by atoms with Gasteiger partial charge in [0.05, 0.1) is 12.2 Å². The Hall–Kier alpha value is -3.25. The van der Waals surface area contributed by atoms with Gasteiger partial charge in [-0.05, 0) is 56.7 Å². The Balaban J connectivity index is 1.54. The first-order chi connectivity index (χ1) is 19.6. The van der Waals surface area contributed by atoms with Gasteiger partial charge in [0.2, 0.25) is 11.8 Å². The van der Waals surface area contributed by atoms with E-state index >= 15 is 0 Å². The van der Waals surface area contributed by atoms with Crippen molar-refractivity contribution in [3.63, 3.8) is 0 Å². The molecule has 0 saturated heterocycles. The maximum absolute atomic E-state index is 13.3. The zero-order valence-electron chi connectivity index (χ0n) is 23.5. The molecule has 0 aromatic heterocycles. The normalized spacial score (nSPS) is 20.2. The summed E-state index contributed by atoms with van der Waals surface area (Å²) in [6.45, 7) is 4.46. The minimum absolute atomic E-state index is 0.0271. The Morgan fingerprint density at radius 1 is 0.976 bits per heavy atom. The van der Waals surface area contributed by atoms with Crippen LogP contribution < -0.4 is 20.7 Å². The fourth-order valence-corrected chi connectivity index (χ4v) is 6.51. The van der Waals surface area contributed by atoms with Crippen molar-refractivity contribution in [1.82, 2.24) is 15.4 Å². The minimum atomic E-state index is -4.38.